The molecular formula is C16H29N3O2. The van der Waals surface area contributed by atoms with Crippen molar-refractivity contribution >= 4 is 0 Å². The number of aromatic nitrogens is 2. The lowest BCUT2D eigenvalue weighted by Crippen LogP contribution is -2.36. The summed E-state index contributed by atoms with van der Waals surface area (Å²) in [6, 6.07) is 0. The average molecular weight is 295 g/mol. The van der Waals surface area contributed by atoms with Gasteiger partial charge in [0, 0.05) is 25.0 Å². The summed E-state index contributed by atoms with van der Waals surface area (Å²) in [6.07, 6.45) is 5.47. The smallest absolute Gasteiger partial charge is 0.216 e. The minimum Gasteiger partial charge on any atom is -0.425 e. The number of ether oxygens (including phenoxy) is 1. The number of aryl methyl sites for hydroxylation is 1. The first-order valence-electron chi connectivity index (χ1n) is 8.14. The Morgan fingerprint density at radius 2 is 1.95 bits per heavy atom. The van der Waals surface area contributed by atoms with Crippen LogP contribution in [0.15, 0.2) is 4.42 Å². The number of nitrogens with zero attached hydrogens (tertiary/aromatic N) is 2. The monoisotopic (exact) mass is 295 g/mol. The van der Waals surface area contributed by atoms with Crippen LogP contribution in [-0.4, -0.2) is 35.0 Å². The molecular weight excluding hydrogens is 266 g/mol. The molecule has 120 valence electrons. The first-order valence-corrected chi connectivity index (χ1v) is 8.14. The van der Waals surface area contributed by atoms with Crippen LogP contribution in [0.2, 0.25) is 0 Å². The second kappa shape index (κ2) is 7.36. The maximum atomic E-state index is 5.73. The molecule has 1 aliphatic carbocycles. The molecule has 1 N–H and O–H groups in total. The quantitative estimate of drug-likeness (QED) is 0.747. The van der Waals surface area contributed by atoms with E-state index in [0.717, 1.165) is 57.0 Å². The van der Waals surface area contributed by atoms with Gasteiger partial charge in [-0.2, -0.15) is 0 Å². The van der Waals surface area contributed by atoms with Gasteiger partial charge in [0.1, 0.15) is 0 Å². The molecule has 0 radical (unpaired) electrons. The van der Waals surface area contributed by atoms with Crippen LogP contribution in [0.5, 0.6) is 0 Å². The Kier molecular flexibility index (Phi) is 5.76. The minimum atomic E-state index is 0.168. The average Bonchev–Trinajstić information content (AvgIpc) is 2.79. The van der Waals surface area contributed by atoms with Crippen LogP contribution < -0.4 is 5.32 Å². The summed E-state index contributed by atoms with van der Waals surface area (Å²) in [7, 11) is 0. The van der Waals surface area contributed by atoms with Crippen LogP contribution in [0, 0.1) is 5.92 Å². The fourth-order valence-electron chi connectivity index (χ4n) is 2.63. The van der Waals surface area contributed by atoms with Crippen molar-refractivity contribution in [3.05, 3.63) is 11.8 Å². The van der Waals surface area contributed by atoms with Crippen LogP contribution in [0.25, 0.3) is 0 Å². The maximum absolute atomic E-state index is 5.73. The van der Waals surface area contributed by atoms with Crippen molar-refractivity contribution in [2.45, 2.75) is 71.4 Å². The van der Waals surface area contributed by atoms with Crippen molar-refractivity contribution < 1.29 is 9.15 Å². The fraction of sp³-hybridized carbons (Fsp3) is 0.875. The molecule has 1 saturated carbocycles. The lowest BCUT2D eigenvalue weighted by atomic mass is 9.80. The van der Waals surface area contributed by atoms with Gasteiger partial charge in [-0.15, -0.1) is 10.2 Å². The molecule has 0 spiro atoms. The molecule has 0 bridgehead atoms. The van der Waals surface area contributed by atoms with E-state index in [4.69, 9.17) is 9.15 Å². The van der Waals surface area contributed by atoms with E-state index in [2.05, 4.69) is 36.3 Å². The molecule has 0 atom stereocenters. The first kappa shape index (κ1) is 16.4. The molecule has 5 nitrogen and oxygen atoms in total. The second-order valence-corrected chi connectivity index (χ2v) is 6.99. The van der Waals surface area contributed by atoms with Crippen LogP contribution in [-0.2, 0) is 17.6 Å². The lowest BCUT2D eigenvalue weighted by Gasteiger charge is -2.33. The van der Waals surface area contributed by atoms with Gasteiger partial charge in [0.15, 0.2) is 0 Å². The van der Waals surface area contributed by atoms with Gasteiger partial charge in [-0.1, -0.05) is 0 Å². The summed E-state index contributed by atoms with van der Waals surface area (Å²) in [4.78, 5) is 0. The molecule has 1 heterocycles. The van der Waals surface area contributed by atoms with Crippen molar-refractivity contribution in [2.75, 3.05) is 13.2 Å². The van der Waals surface area contributed by atoms with Gasteiger partial charge in [-0.05, 0) is 59.4 Å². The normalized spacial score (nSPS) is 22.3. The van der Waals surface area contributed by atoms with Gasteiger partial charge in [0.05, 0.1) is 6.10 Å². The van der Waals surface area contributed by atoms with Crippen LogP contribution >= 0.6 is 0 Å². The van der Waals surface area contributed by atoms with E-state index < -0.39 is 0 Å². The molecule has 0 unspecified atom stereocenters. The summed E-state index contributed by atoms with van der Waals surface area (Å²) in [5, 5.41) is 11.8. The summed E-state index contributed by atoms with van der Waals surface area (Å²) >= 11 is 0. The van der Waals surface area contributed by atoms with Crippen LogP contribution in [0.1, 0.15) is 58.7 Å². The molecule has 0 aliphatic heterocycles. The van der Waals surface area contributed by atoms with Crippen LogP contribution in [0.4, 0.5) is 0 Å². The van der Waals surface area contributed by atoms with E-state index >= 15 is 0 Å². The second-order valence-electron chi connectivity index (χ2n) is 6.99. The minimum absolute atomic E-state index is 0.168. The van der Waals surface area contributed by atoms with Gasteiger partial charge >= 0.3 is 0 Å². The maximum Gasteiger partial charge on any atom is 0.216 e. The third-order valence-electron chi connectivity index (χ3n) is 3.79. The summed E-state index contributed by atoms with van der Waals surface area (Å²) in [5.74, 6) is 2.20. The molecule has 1 aromatic rings. The van der Waals surface area contributed by atoms with Gasteiger partial charge in [0.2, 0.25) is 11.8 Å². The van der Waals surface area contributed by atoms with E-state index in [1.807, 2.05) is 6.92 Å². The Balaban J connectivity index is 1.63. The van der Waals surface area contributed by atoms with Crippen molar-refractivity contribution in [1.82, 2.24) is 15.5 Å². The van der Waals surface area contributed by atoms with Crippen molar-refractivity contribution in [2.24, 2.45) is 5.92 Å². The first-order chi connectivity index (χ1) is 9.96. The zero-order chi connectivity index (χ0) is 15.3. The van der Waals surface area contributed by atoms with Crippen molar-refractivity contribution in [1.29, 1.82) is 0 Å². The standard InChI is InChI=1S/C16H29N3O2/c1-5-20-13-9-12(10-13)11-15-19-18-14(21-15)7-6-8-17-16(2,3)4/h12-13,17H,5-11H2,1-4H3. The third kappa shape index (κ3) is 5.75. The Morgan fingerprint density at radius 1 is 1.24 bits per heavy atom. The summed E-state index contributed by atoms with van der Waals surface area (Å²) in [5.41, 5.74) is 0.168. The molecule has 0 amide bonds. The van der Waals surface area contributed by atoms with E-state index in [0.29, 0.717) is 12.0 Å². The largest absolute Gasteiger partial charge is 0.425 e. The number of nitrogens with one attached hydrogen (secondary N) is 1. The molecule has 0 saturated heterocycles. The van der Waals surface area contributed by atoms with Gasteiger partial charge < -0.3 is 14.5 Å². The highest BCUT2D eigenvalue weighted by Crippen LogP contribution is 2.32. The van der Waals surface area contributed by atoms with Gasteiger partial charge in [-0.25, -0.2) is 0 Å². The van der Waals surface area contributed by atoms with E-state index in [-0.39, 0.29) is 5.54 Å². The molecule has 2 rings (SSSR count). The van der Waals surface area contributed by atoms with E-state index in [1.165, 1.54) is 0 Å². The van der Waals surface area contributed by atoms with Crippen LogP contribution in [0.3, 0.4) is 0 Å². The highest BCUT2D eigenvalue weighted by Gasteiger charge is 2.30. The Hall–Kier alpha value is -0.940. The zero-order valence-electron chi connectivity index (χ0n) is 13.8. The molecule has 1 fully saturated rings. The zero-order valence-corrected chi connectivity index (χ0v) is 13.8. The SMILES string of the molecule is CCOC1CC(Cc2nnc(CCCNC(C)(C)C)o2)C1. The number of rotatable bonds is 8. The van der Waals surface area contributed by atoms with Crippen molar-refractivity contribution in [3.8, 4) is 0 Å². The van der Waals surface area contributed by atoms with Crippen molar-refractivity contribution in [3.63, 3.8) is 0 Å². The highest BCUT2D eigenvalue weighted by molar-refractivity contribution is 4.90. The topological polar surface area (TPSA) is 60.2 Å². The molecule has 21 heavy (non-hydrogen) atoms. The number of hydrogen-bond donors (Lipinski definition) is 1. The van der Waals surface area contributed by atoms with E-state index in [1.54, 1.807) is 0 Å². The Labute approximate surface area is 127 Å². The Bertz CT molecular complexity index is 419. The lowest BCUT2D eigenvalue weighted by molar-refractivity contribution is -0.0255. The molecule has 1 aromatic heterocycles. The fourth-order valence-corrected chi connectivity index (χ4v) is 2.63. The molecule has 0 aromatic carbocycles. The highest BCUT2D eigenvalue weighted by atomic mass is 16.5. The predicted molar refractivity (Wildman–Crippen MR) is 82.2 cm³/mol. The Morgan fingerprint density at radius 3 is 2.62 bits per heavy atom. The molecule has 1 aliphatic rings. The summed E-state index contributed by atoms with van der Waals surface area (Å²) in [6.45, 7) is 10.3. The number of hydrogen-bond acceptors (Lipinski definition) is 5. The third-order valence-corrected chi connectivity index (χ3v) is 3.79. The van der Waals surface area contributed by atoms with Gasteiger partial charge in [-0.3, -0.25) is 0 Å². The molecule has 5 heteroatoms. The van der Waals surface area contributed by atoms with E-state index in [9.17, 15) is 0 Å². The summed E-state index contributed by atoms with van der Waals surface area (Å²) < 4.78 is 11.3. The predicted octanol–water partition coefficient (Wildman–Crippen LogP) is 2.75. The van der Waals surface area contributed by atoms with Gasteiger partial charge in [0.25, 0.3) is 0 Å².